The minimum atomic E-state index is -0.453. The summed E-state index contributed by atoms with van der Waals surface area (Å²) in [7, 11) is 0. The number of benzene rings is 2. The first kappa shape index (κ1) is 24.0. The number of carbonyl (C=O) groups excluding carboxylic acids is 1. The highest BCUT2D eigenvalue weighted by Gasteiger charge is 2.04. The third-order valence-corrected chi connectivity index (χ3v) is 3.85. The molecule has 30 heavy (non-hydrogen) atoms. The molecule has 0 atom stereocenters. The molecule has 2 rings (SSSR count). The second-order valence-electron chi connectivity index (χ2n) is 6.12. The number of hydrogen-bond donors (Lipinski definition) is 1. The lowest BCUT2D eigenvalue weighted by atomic mass is 10.2. The maximum absolute atomic E-state index is 10.6. The van der Waals surface area contributed by atoms with Gasteiger partial charge in [-0.3, -0.25) is 14.9 Å². The number of amides is 1. The Balaban J connectivity index is 0.000000656. The molecule has 2 aromatic carbocycles. The molecule has 0 aliphatic carbocycles. The van der Waals surface area contributed by atoms with Gasteiger partial charge in [0.2, 0.25) is 5.91 Å². The number of primary amides is 1. The molecule has 2 N–H and O–H groups in total. The van der Waals surface area contributed by atoms with E-state index in [1.807, 2.05) is 31.2 Å². The molecule has 0 aliphatic rings. The number of carbonyl (C=O) groups is 1. The maximum atomic E-state index is 10.6. The lowest BCUT2D eigenvalue weighted by molar-refractivity contribution is -0.384. The van der Waals surface area contributed by atoms with Gasteiger partial charge >= 0.3 is 0 Å². The first-order valence-electron chi connectivity index (χ1n) is 9.12. The summed E-state index contributed by atoms with van der Waals surface area (Å²) in [5, 5.41) is 27.5. The molecule has 156 valence electrons. The van der Waals surface area contributed by atoms with Crippen molar-refractivity contribution in [1.82, 2.24) is 0 Å². The molecule has 0 saturated carbocycles. The van der Waals surface area contributed by atoms with E-state index >= 15 is 0 Å². The first-order chi connectivity index (χ1) is 14.3. The molecule has 9 nitrogen and oxygen atoms in total. The minimum absolute atomic E-state index is 0.0235. The Morgan fingerprint density at radius 1 is 1.17 bits per heavy atom. The van der Waals surface area contributed by atoms with Crippen LogP contribution in [0.25, 0.3) is 0 Å². The van der Waals surface area contributed by atoms with Gasteiger partial charge in [0.25, 0.3) is 5.69 Å². The second-order valence-corrected chi connectivity index (χ2v) is 6.12. The first-order valence-corrected chi connectivity index (χ1v) is 9.12. The van der Waals surface area contributed by atoms with E-state index in [4.69, 9.17) is 11.0 Å². The summed E-state index contributed by atoms with van der Waals surface area (Å²) < 4.78 is 0. The molecule has 0 saturated heterocycles. The molecule has 0 bridgehead atoms. The zero-order chi connectivity index (χ0) is 22.5. The van der Waals surface area contributed by atoms with Crippen molar-refractivity contribution in [2.75, 3.05) is 18.0 Å². The van der Waals surface area contributed by atoms with Gasteiger partial charge in [0.1, 0.15) is 0 Å². The van der Waals surface area contributed by atoms with Crippen molar-refractivity contribution in [3.05, 3.63) is 70.8 Å². The summed E-state index contributed by atoms with van der Waals surface area (Å²) >= 11 is 0. The van der Waals surface area contributed by atoms with Gasteiger partial charge in [0, 0.05) is 36.5 Å². The molecule has 2 aromatic rings. The number of nitro groups is 1. The highest BCUT2D eigenvalue weighted by molar-refractivity contribution is 5.90. The summed E-state index contributed by atoms with van der Waals surface area (Å²) in [6.45, 7) is 8.41. The van der Waals surface area contributed by atoms with Crippen LogP contribution in [0, 0.1) is 21.4 Å². The fourth-order valence-electron chi connectivity index (χ4n) is 2.14. The Morgan fingerprint density at radius 3 is 2.00 bits per heavy atom. The number of nitro benzene ring substituents is 1. The molecular formula is C21H24N6O3. The van der Waals surface area contributed by atoms with Crippen molar-refractivity contribution in [1.29, 1.82) is 5.26 Å². The van der Waals surface area contributed by atoms with E-state index in [0.29, 0.717) is 29.9 Å². The number of hydrogen-bond acceptors (Lipinski definition) is 7. The van der Waals surface area contributed by atoms with Crippen LogP contribution < -0.4 is 10.6 Å². The van der Waals surface area contributed by atoms with E-state index < -0.39 is 10.8 Å². The lowest BCUT2D eigenvalue weighted by Gasteiger charge is -2.21. The van der Waals surface area contributed by atoms with Crippen LogP contribution >= 0.6 is 0 Å². The highest BCUT2D eigenvalue weighted by Crippen LogP contribution is 2.23. The molecule has 0 aliphatic heterocycles. The molecule has 1 amide bonds. The topological polar surface area (TPSA) is 138 Å². The molecule has 0 fully saturated rings. The van der Waals surface area contributed by atoms with Gasteiger partial charge in [-0.05, 0) is 50.2 Å². The molecule has 9 heteroatoms. The van der Waals surface area contributed by atoms with Crippen LogP contribution in [-0.4, -0.2) is 23.9 Å². The van der Waals surface area contributed by atoms with E-state index in [9.17, 15) is 14.9 Å². The number of non-ortho nitro benzene ring substituents is 1. The molecular weight excluding hydrogens is 384 g/mol. The summed E-state index contributed by atoms with van der Waals surface area (Å²) in [4.78, 5) is 22.1. The Kier molecular flexibility index (Phi) is 9.92. The lowest BCUT2D eigenvalue weighted by Crippen LogP contribution is -2.23. The van der Waals surface area contributed by atoms with Gasteiger partial charge in [0.05, 0.1) is 28.8 Å². The van der Waals surface area contributed by atoms with Crippen molar-refractivity contribution < 1.29 is 9.72 Å². The van der Waals surface area contributed by atoms with Crippen molar-refractivity contribution in [3.63, 3.8) is 0 Å². The number of anilines is 1. The number of nitrogens with two attached hydrogens (primary N) is 1. The van der Waals surface area contributed by atoms with Crippen LogP contribution in [0.2, 0.25) is 0 Å². The van der Waals surface area contributed by atoms with Crippen LogP contribution in [0.15, 0.2) is 70.9 Å². The standard InChI is InChI=1S/C17H17N5O2.C4H7NO/c1-2-21(13-3-12-18)16-8-4-14(5-9-16)19-20-15-6-10-17(11-7-15)22(23)24;1-3(2)4(5)6/h4-11H,2-3,13H2,1H3;1H2,2H3,(H2,5,6)/b20-19+;. The van der Waals surface area contributed by atoms with Gasteiger partial charge in [-0.15, -0.1) is 0 Å². The maximum Gasteiger partial charge on any atom is 0.269 e. The number of rotatable bonds is 8. The third-order valence-electron chi connectivity index (χ3n) is 3.85. The predicted molar refractivity (Wildman–Crippen MR) is 116 cm³/mol. The van der Waals surface area contributed by atoms with Crippen molar-refractivity contribution in [2.45, 2.75) is 20.3 Å². The number of nitrogens with zero attached hydrogens (tertiary/aromatic N) is 5. The summed E-state index contributed by atoms with van der Waals surface area (Å²) in [6, 6.07) is 15.6. The van der Waals surface area contributed by atoms with Gasteiger partial charge in [-0.1, -0.05) is 6.58 Å². The molecule has 0 radical (unpaired) electrons. The smallest absolute Gasteiger partial charge is 0.269 e. The van der Waals surface area contributed by atoms with Gasteiger partial charge in [-0.25, -0.2) is 0 Å². The Labute approximate surface area is 175 Å². The van der Waals surface area contributed by atoms with E-state index in [0.717, 1.165) is 12.2 Å². The van der Waals surface area contributed by atoms with Crippen LogP contribution in [0.4, 0.5) is 22.7 Å². The number of azo groups is 1. The fourth-order valence-corrected chi connectivity index (χ4v) is 2.14. The molecule has 0 heterocycles. The summed E-state index contributed by atoms with van der Waals surface area (Å²) in [5.74, 6) is -0.435. The van der Waals surface area contributed by atoms with E-state index in [-0.39, 0.29) is 5.69 Å². The van der Waals surface area contributed by atoms with Crippen LogP contribution in [0.1, 0.15) is 20.3 Å². The predicted octanol–water partition coefficient (Wildman–Crippen LogP) is 4.80. The van der Waals surface area contributed by atoms with Gasteiger partial charge < -0.3 is 10.6 Å². The van der Waals surface area contributed by atoms with Crippen molar-refractivity contribution in [3.8, 4) is 6.07 Å². The molecule has 0 spiro atoms. The highest BCUT2D eigenvalue weighted by atomic mass is 16.6. The fraction of sp³-hybridized carbons (Fsp3) is 0.238. The zero-order valence-electron chi connectivity index (χ0n) is 17.0. The van der Waals surface area contributed by atoms with Crippen molar-refractivity contribution in [2.24, 2.45) is 16.0 Å². The summed E-state index contributed by atoms with van der Waals surface area (Å²) in [5.41, 5.74) is 7.39. The Bertz CT molecular complexity index is 919. The Morgan fingerprint density at radius 2 is 1.63 bits per heavy atom. The van der Waals surface area contributed by atoms with Crippen LogP contribution in [-0.2, 0) is 4.79 Å². The SMILES string of the molecule is C=C(C)C(N)=O.CCN(CCC#N)c1ccc(/N=N/c2ccc([N+](=O)[O-])cc2)cc1. The van der Waals surface area contributed by atoms with E-state index in [1.54, 1.807) is 19.1 Å². The average Bonchev–Trinajstić information content (AvgIpc) is 2.74. The second kappa shape index (κ2) is 12.4. The van der Waals surface area contributed by atoms with Crippen LogP contribution in [0.5, 0.6) is 0 Å². The third kappa shape index (κ3) is 8.31. The minimum Gasteiger partial charge on any atom is -0.371 e. The molecule has 0 aromatic heterocycles. The average molecular weight is 408 g/mol. The van der Waals surface area contributed by atoms with E-state index in [1.165, 1.54) is 12.1 Å². The quantitative estimate of drug-likeness (QED) is 0.289. The molecule has 0 unspecified atom stereocenters. The van der Waals surface area contributed by atoms with Gasteiger partial charge in [-0.2, -0.15) is 15.5 Å². The normalized spacial score (nSPS) is 9.90. The largest absolute Gasteiger partial charge is 0.371 e. The van der Waals surface area contributed by atoms with E-state index in [2.05, 4.69) is 27.8 Å². The van der Waals surface area contributed by atoms with Crippen LogP contribution in [0.3, 0.4) is 0 Å². The van der Waals surface area contributed by atoms with Crippen molar-refractivity contribution >= 4 is 28.7 Å². The summed E-state index contributed by atoms with van der Waals surface area (Å²) in [6.07, 6.45) is 0.482. The van der Waals surface area contributed by atoms with Gasteiger partial charge in [0.15, 0.2) is 0 Å². The Hall–Kier alpha value is -4.06. The zero-order valence-corrected chi connectivity index (χ0v) is 17.0. The number of nitriles is 1. The monoisotopic (exact) mass is 408 g/mol.